The van der Waals surface area contributed by atoms with Gasteiger partial charge in [-0.1, -0.05) is 0 Å². The summed E-state index contributed by atoms with van der Waals surface area (Å²) in [6.07, 6.45) is 1.24. The van der Waals surface area contributed by atoms with Crippen molar-refractivity contribution in [2.24, 2.45) is 0 Å². The molecule has 0 fully saturated rings. The summed E-state index contributed by atoms with van der Waals surface area (Å²) < 4.78 is 23.5. The van der Waals surface area contributed by atoms with Crippen molar-refractivity contribution in [3.63, 3.8) is 0 Å². The maximum absolute atomic E-state index is 13.3. The summed E-state index contributed by atoms with van der Waals surface area (Å²) in [5.41, 5.74) is -0.0920. The summed E-state index contributed by atoms with van der Waals surface area (Å²) in [6.45, 7) is -0.139. The van der Waals surface area contributed by atoms with Crippen LogP contribution in [0.15, 0.2) is 34.9 Å². The Bertz CT molecular complexity index is 657. The number of nitrogens with zero attached hydrogens (tertiary/aromatic N) is 1. The molecule has 0 aliphatic rings. The highest BCUT2D eigenvalue weighted by Crippen LogP contribution is 2.19. The van der Waals surface area contributed by atoms with Crippen molar-refractivity contribution in [3.05, 3.63) is 53.2 Å². The molecule has 2 aromatic rings. The molecule has 0 saturated heterocycles. The standard InChI is InChI=1S/C13H8FNO4/c14-11-5-9(2-1-8(11)6-15)19-7-12-10(13(16)17)3-4-18-12/h1-5H,7H2,(H,16,17). The number of ether oxygens (including phenoxy) is 1. The molecule has 5 nitrogen and oxygen atoms in total. The second kappa shape index (κ2) is 5.23. The van der Waals surface area contributed by atoms with Crippen LogP contribution < -0.4 is 4.74 Å². The van der Waals surface area contributed by atoms with E-state index >= 15 is 0 Å². The third-order valence-electron chi connectivity index (χ3n) is 2.41. The van der Waals surface area contributed by atoms with Crippen LogP contribution in [0.4, 0.5) is 4.39 Å². The van der Waals surface area contributed by atoms with Gasteiger partial charge in [0.15, 0.2) is 5.76 Å². The Hall–Kier alpha value is -2.81. The quantitative estimate of drug-likeness (QED) is 0.914. The Morgan fingerprint density at radius 2 is 2.26 bits per heavy atom. The molecular weight excluding hydrogens is 253 g/mol. The van der Waals surface area contributed by atoms with Crippen LogP contribution in [-0.4, -0.2) is 11.1 Å². The predicted molar refractivity (Wildman–Crippen MR) is 61.1 cm³/mol. The molecule has 6 heteroatoms. The molecule has 1 aromatic heterocycles. The van der Waals surface area contributed by atoms with Crippen molar-refractivity contribution >= 4 is 5.97 Å². The van der Waals surface area contributed by atoms with E-state index in [1.54, 1.807) is 6.07 Å². The van der Waals surface area contributed by atoms with Gasteiger partial charge in [-0.15, -0.1) is 0 Å². The second-order valence-corrected chi connectivity index (χ2v) is 3.60. The molecule has 0 aliphatic heterocycles. The van der Waals surface area contributed by atoms with E-state index in [-0.39, 0.29) is 29.2 Å². The zero-order chi connectivity index (χ0) is 13.8. The lowest BCUT2D eigenvalue weighted by Gasteiger charge is -2.05. The number of benzene rings is 1. The number of carboxylic acids is 1. The molecule has 0 radical (unpaired) electrons. The van der Waals surface area contributed by atoms with Crippen molar-refractivity contribution < 1.29 is 23.4 Å². The van der Waals surface area contributed by atoms with E-state index in [1.165, 1.54) is 24.5 Å². The van der Waals surface area contributed by atoms with Gasteiger partial charge in [-0.2, -0.15) is 5.26 Å². The highest BCUT2D eigenvalue weighted by molar-refractivity contribution is 5.88. The normalized spacial score (nSPS) is 9.89. The van der Waals surface area contributed by atoms with E-state index in [4.69, 9.17) is 19.5 Å². The Labute approximate surface area is 107 Å². The van der Waals surface area contributed by atoms with Gasteiger partial charge >= 0.3 is 5.97 Å². The van der Waals surface area contributed by atoms with Crippen LogP contribution in [-0.2, 0) is 6.61 Å². The summed E-state index contributed by atoms with van der Waals surface area (Å²) in [5, 5.41) is 17.4. The number of carboxylic acid groups (broad SMARTS) is 1. The van der Waals surface area contributed by atoms with E-state index in [9.17, 15) is 9.18 Å². The number of nitriles is 1. The van der Waals surface area contributed by atoms with Crippen molar-refractivity contribution in [1.29, 1.82) is 5.26 Å². The average molecular weight is 261 g/mol. The van der Waals surface area contributed by atoms with Gasteiger partial charge in [0.1, 0.15) is 29.8 Å². The van der Waals surface area contributed by atoms with Crippen molar-refractivity contribution in [2.75, 3.05) is 0 Å². The lowest BCUT2D eigenvalue weighted by molar-refractivity contribution is 0.0692. The molecule has 0 unspecified atom stereocenters. The number of halogens is 1. The zero-order valence-electron chi connectivity index (χ0n) is 9.59. The van der Waals surface area contributed by atoms with Gasteiger partial charge in [0, 0.05) is 6.07 Å². The summed E-state index contributed by atoms with van der Waals surface area (Å²) in [5.74, 6) is -1.50. The lowest BCUT2D eigenvalue weighted by Crippen LogP contribution is -2.02. The highest BCUT2D eigenvalue weighted by Gasteiger charge is 2.14. The molecule has 0 aliphatic carbocycles. The molecule has 96 valence electrons. The molecule has 1 N–H and O–H groups in total. The minimum Gasteiger partial charge on any atom is -0.486 e. The molecule has 0 saturated carbocycles. The topological polar surface area (TPSA) is 83.5 Å². The van der Waals surface area contributed by atoms with E-state index in [2.05, 4.69) is 0 Å². The summed E-state index contributed by atoms with van der Waals surface area (Å²) in [6, 6.07) is 6.76. The molecular formula is C13H8FNO4. The van der Waals surface area contributed by atoms with Crippen molar-refractivity contribution in [2.45, 2.75) is 6.61 Å². The first kappa shape index (κ1) is 12.6. The fourth-order valence-corrected chi connectivity index (χ4v) is 1.47. The molecule has 1 aromatic carbocycles. The molecule has 0 atom stereocenters. The second-order valence-electron chi connectivity index (χ2n) is 3.60. The van der Waals surface area contributed by atoms with Gasteiger partial charge < -0.3 is 14.3 Å². The van der Waals surface area contributed by atoms with Crippen LogP contribution in [0.1, 0.15) is 21.7 Å². The van der Waals surface area contributed by atoms with Gasteiger partial charge in [0.05, 0.1) is 11.8 Å². The Morgan fingerprint density at radius 3 is 2.89 bits per heavy atom. The van der Waals surface area contributed by atoms with Crippen molar-refractivity contribution in [1.82, 2.24) is 0 Å². The van der Waals surface area contributed by atoms with Gasteiger partial charge in [-0.05, 0) is 18.2 Å². The third-order valence-corrected chi connectivity index (χ3v) is 2.41. The van der Waals surface area contributed by atoms with Gasteiger partial charge in [0.2, 0.25) is 0 Å². The Morgan fingerprint density at radius 1 is 1.47 bits per heavy atom. The first-order valence-corrected chi connectivity index (χ1v) is 5.24. The van der Waals surface area contributed by atoms with Crippen molar-refractivity contribution in [3.8, 4) is 11.8 Å². The predicted octanol–water partition coefficient (Wildman–Crippen LogP) is 2.57. The van der Waals surface area contributed by atoms with Crippen LogP contribution in [0.3, 0.4) is 0 Å². The maximum atomic E-state index is 13.3. The summed E-state index contributed by atoms with van der Waals surface area (Å²) in [4.78, 5) is 10.8. The van der Waals surface area contributed by atoms with Crippen LogP contribution >= 0.6 is 0 Å². The summed E-state index contributed by atoms with van der Waals surface area (Å²) in [7, 11) is 0. The first-order chi connectivity index (χ1) is 9.11. The van der Waals surface area contributed by atoms with E-state index in [0.29, 0.717) is 0 Å². The lowest BCUT2D eigenvalue weighted by atomic mass is 10.2. The number of carbonyl (C=O) groups is 1. The van der Waals surface area contributed by atoms with Gasteiger partial charge in [0.25, 0.3) is 0 Å². The average Bonchev–Trinajstić information content (AvgIpc) is 2.85. The molecule has 19 heavy (non-hydrogen) atoms. The van der Waals surface area contributed by atoms with Gasteiger partial charge in [-0.25, -0.2) is 9.18 Å². The smallest absolute Gasteiger partial charge is 0.339 e. The Balaban J connectivity index is 2.11. The fraction of sp³-hybridized carbons (Fsp3) is 0.0769. The molecule has 1 heterocycles. The van der Waals surface area contributed by atoms with Crippen LogP contribution in [0.2, 0.25) is 0 Å². The van der Waals surface area contributed by atoms with E-state index < -0.39 is 11.8 Å². The largest absolute Gasteiger partial charge is 0.486 e. The number of furan rings is 1. The van der Waals surface area contributed by atoms with Gasteiger partial charge in [-0.3, -0.25) is 0 Å². The number of hydrogen-bond donors (Lipinski definition) is 1. The Kier molecular flexibility index (Phi) is 3.48. The maximum Gasteiger partial charge on any atom is 0.339 e. The molecule has 0 spiro atoms. The highest BCUT2D eigenvalue weighted by atomic mass is 19.1. The molecule has 0 amide bonds. The number of hydrogen-bond acceptors (Lipinski definition) is 4. The minimum atomic E-state index is -1.13. The SMILES string of the molecule is N#Cc1ccc(OCc2occc2C(=O)O)cc1F. The minimum absolute atomic E-state index is 0.00545. The molecule has 0 bridgehead atoms. The monoisotopic (exact) mass is 261 g/mol. The zero-order valence-corrected chi connectivity index (χ0v) is 9.59. The first-order valence-electron chi connectivity index (χ1n) is 5.24. The number of rotatable bonds is 4. The van der Waals surface area contributed by atoms with E-state index in [0.717, 1.165) is 6.07 Å². The fourth-order valence-electron chi connectivity index (χ4n) is 1.47. The molecule has 2 rings (SSSR count). The van der Waals surface area contributed by atoms with Crippen LogP contribution in [0.25, 0.3) is 0 Å². The number of aromatic carboxylic acids is 1. The van der Waals surface area contributed by atoms with Crippen LogP contribution in [0, 0.1) is 17.1 Å². The van der Waals surface area contributed by atoms with E-state index in [1.807, 2.05) is 0 Å². The van der Waals surface area contributed by atoms with Crippen LogP contribution in [0.5, 0.6) is 5.75 Å². The summed E-state index contributed by atoms with van der Waals surface area (Å²) >= 11 is 0. The third kappa shape index (κ3) is 2.72.